The van der Waals surface area contributed by atoms with E-state index in [2.05, 4.69) is 36.2 Å². The van der Waals surface area contributed by atoms with Gasteiger partial charge in [-0.25, -0.2) is 0 Å². The molecule has 1 atom stereocenters. The predicted octanol–water partition coefficient (Wildman–Crippen LogP) is 2.48. The molecule has 3 nitrogen and oxygen atoms in total. The quantitative estimate of drug-likeness (QED) is 0.583. The van der Waals surface area contributed by atoms with Gasteiger partial charge in [-0.1, -0.05) is 44.2 Å². The zero-order chi connectivity index (χ0) is 12.7. The first-order valence-electron chi connectivity index (χ1n) is 5.84. The lowest BCUT2D eigenvalue weighted by molar-refractivity contribution is 0.392. The van der Waals surface area contributed by atoms with Crippen LogP contribution < -0.4 is 10.6 Å². The minimum absolute atomic E-state index is 0.232. The second kappa shape index (κ2) is 6.86. The number of hydrogen-bond acceptors (Lipinski definition) is 3. The van der Waals surface area contributed by atoms with Gasteiger partial charge in [0.15, 0.2) is 0 Å². The summed E-state index contributed by atoms with van der Waals surface area (Å²) in [5.74, 6) is 0.498. The van der Waals surface area contributed by atoms with Crippen LogP contribution in [0, 0.1) is 5.92 Å². The molecule has 0 heterocycles. The van der Waals surface area contributed by atoms with E-state index in [1.165, 1.54) is 0 Å². The largest absolute Gasteiger partial charge is 0.374 e. The van der Waals surface area contributed by atoms with Gasteiger partial charge in [0.05, 0.1) is 11.9 Å². The lowest BCUT2D eigenvalue weighted by Crippen LogP contribution is -2.41. The Hall–Kier alpha value is -1.61. The monoisotopic (exact) mass is 231 g/mol. The molecule has 0 spiro atoms. The van der Waals surface area contributed by atoms with Gasteiger partial charge in [0.25, 0.3) is 0 Å². The van der Waals surface area contributed by atoms with Crippen molar-refractivity contribution in [3.8, 4) is 0 Å². The van der Waals surface area contributed by atoms with Gasteiger partial charge in [0.2, 0.25) is 0 Å². The first-order chi connectivity index (χ1) is 8.19. The third-order valence-electron chi connectivity index (χ3n) is 2.62. The van der Waals surface area contributed by atoms with Gasteiger partial charge in [-0.05, 0) is 19.7 Å². The third kappa shape index (κ3) is 4.04. The first-order valence-corrected chi connectivity index (χ1v) is 5.84. The summed E-state index contributed by atoms with van der Waals surface area (Å²) in [4.78, 5) is 4.04. The molecule has 1 rings (SSSR count). The lowest BCUT2D eigenvalue weighted by Gasteiger charge is -2.20. The smallest absolute Gasteiger partial charge is 0.0851 e. The fourth-order valence-electron chi connectivity index (χ4n) is 1.61. The molecule has 92 valence electrons. The summed E-state index contributed by atoms with van der Waals surface area (Å²) in [7, 11) is 1.94. The van der Waals surface area contributed by atoms with Crippen LogP contribution in [0.4, 0.5) is 0 Å². The Balaban J connectivity index is 2.78. The number of aliphatic imine (C=N–C) groups is 1. The summed E-state index contributed by atoms with van der Waals surface area (Å²) < 4.78 is 0. The normalized spacial score (nSPS) is 13.5. The molecule has 0 aliphatic rings. The highest BCUT2D eigenvalue weighted by Crippen LogP contribution is 2.13. The first kappa shape index (κ1) is 13.5. The average molecular weight is 231 g/mol. The molecule has 0 amide bonds. The second-order valence-corrected chi connectivity index (χ2v) is 4.23. The standard InChI is InChI=1S/C14H21N3/c1-11(2)14(16-4)17-10-13(15-3)12-8-6-5-7-9-12/h5-11,14,16-17H,3H2,1-2,4H3/b13-10-. The Labute approximate surface area is 104 Å². The molecule has 0 aliphatic carbocycles. The average Bonchev–Trinajstić information content (AvgIpc) is 2.35. The molecular formula is C14H21N3. The predicted molar refractivity (Wildman–Crippen MR) is 74.8 cm³/mol. The van der Waals surface area contributed by atoms with E-state index in [0.717, 1.165) is 11.3 Å². The maximum Gasteiger partial charge on any atom is 0.0851 e. The van der Waals surface area contributed by atoms with Crippen molar-refractivity contribution in [1.82, 2.24) is 10.6 Å². The molecule has 0 radical (unpaired) electrons. The molecule has 0 saturated heterocycles. The number of rotatable bonds is 6. The molecule has 0 fully saturated rings. The van der Waals surface area contributed by atoms with E-state index in [-0.39, 0.29) is 6.17 Å². The van der Waals surface area contributed by atoms with E-state index in [4.69, 9.17) is 0 Å². The van der Waals surface area contributed by atoms with Gasteiger partial charge in [0.1, 0.15) is 0 Å². The summed E-state index contributed by atoms with van der Waals surface area (Å²) in [5.41, 5.74) is 1.92. The van der Waals surface area contributed by atoms with Gasteiger partial charge < -0.3 is 10.6 Å². The summed E-state index contributed by atoms with van der Waals surface area (Å²) in [6.45, 7) is 7.92. The van der Waals surface area contributed by atoms with Crippen molar-refractivity contribution in [2.75, 3.05) is 7.05 Å². The maximum atomic E-state index is 4.04. The zero-order valence-electron chi connectivity index (χ0n) is 10.8. The Morgan fingerprint density at radius 2 is 1.94 bits per heavy atom. The summed E-state index contributed by atoms with van der Waals surface area (Å²) in [6, 6.07) is 10.0. The van der Waals surface area contributed by atoms with E-state index < -0.39 is 0 Å². The Morgan fingerprint density at radius 1 is 1.29 bits per heavy atom. The van der Waals surface area contributed by atoms with E-state index in [9.17, 15) is 0 Å². The molecule has 3 heteroatoms. The minimum Gasteiger partial charge on any atom is -0.374 e. The number of nitrogens with one attached hydrogen (secondary N) is 2. The van der Waals surface area contributed by atoms with E-state index >= 15 is 0 Å². The maximum absolute atomic E-state index is 4.04. The van der Waals surface area contributed by atoms with Crippen molar-refractivity contribution in [3.05, 3.63) is 42.1 Å². The topological polar surface area (TPSA) is 36.4 Å². The second-order valence-electron chi connectivity index (χ2n) is 4.23. The molecule has 0 aromatic heterocycles. The Morgan fingerprint density at radius 3 is 2.41 bits per heavy atom. The van der Waals surface area contributed by atoms with E-state index in [1.807, 2.05) is 43.6 Å². The number of hydrogen-bond donors (Lipinski definition) is 2. The highest BCUT2D eigenvalue weighted by molar-refractivity contribution is 5.67. The molecular weight excluding hydrogens is 210 g/mol. The van der Waals surface area contributed by atoms with Gasteiger partial charge in [-0.15, -0.1) is 0 Å². The van der Waals surface area contributed by atoms with Crippen LogP contribution in [0.25, 0.3) is 5.70 Å². The highest BCUT2D eigenvalue weighted by atomic mass is 15.1. The van der Waals surface area contributed by atoms with Crippen LogP contribution in [0.2, 0.25) is 0 Å². The van der Waals surface area contributed by atoms with Gasteiger partial charge in [0, 0.05) is 11.8 Å². The molecule has 0 bridgehead atoms. The number of nitrogens with zero attached hydrogens (tertiary/aromatic N) is 1. The van der Waals surface area contributed by atoms with Crippen molar-refractivity contribution in [2.24, 2.45) is 10.9 Å². The van der Waals surface area contributed by atoms with Crippen molar-refractivity contribution < 1.29 is 0 Å². The van der Waals surface area contributed by atoms with Crippen LogP contribution in [-0.4, -0.2) is 19.9 Å². The number of benzene rings is 1. The molecule has 0 aliphatic heterocycles. The molecule has 17 heavy (non-hydrogen) atoms. The van der Waals surface area contributed by atoms with Crippen molar-refractivity contribution >= 4 is 12.4 Å². The van der Waals surface area contributed by atoms with E-state index in [0.29, 0.717) is 5.92 Å². The van der Waals surface area contributed by atoms with Crippen LogP contribution in [0.3, 0.4) is 0 Å². The van der Waals surface area contributed by atoms with Gasteiger partial charge >= 0.3 is 0 Å². The third-order valence-corrected chi connectivity index (χ3v) is 2.62. The molecule has 1 aromatic carbocycles. The van der Waals surface area contributed by atoms with Crippen LogP contribution >= 0.6 is 0 Å². The molecule has 1 aromatic rings. The minimum atomic E-state index is 0.232. The SMILES string of the molecule is C=N/C(=C\NC(NC)C(C)C)c1ccccc1. The van der Waals surface area contributed by atoms with Crippen molar-refractivity contribution in [1.29, 1.82) is 0 Å². The summed E-state index contributed by atoms with van der Waals surface area (Å²) >= 11 is 0. The summed E-state index contributed by atoms with van der Waals surface area (Å²) in [5, 5.41) is 6.53. The van der Waals surface area contributed by atoms with Crippen LogP contribution in [0.1, 0.15) is 19.4 Å². The van der Waals surface area contributed by atoms with Crippen molar-refractivity contribution in [2.45, 2.75) is 20.0 Å². The van der Waals surface area contributed by atoms with Gasteiger partial charge in [-0.2, -0.15) is 0 Å². The fraction of sp³-hybridized carbons (Fsp3) is 0.357. The Kier molecular flexibility index (Phi) is 5.43. The zero-order valence-corrected chi connectivity index (χ0v) is 10.8. The van der Waals surface area contributed by atoms with Crippen molar-refractivity contribution in [3.63, 3.8) is 0 Å². The molecule has 2 N–H and O–H groups in total. The Bertz CT molecular complexity index is 368. The summed E-state index contributed by atoms with van der Waals surface area (Å²) in [6.07, 6.45) is 2.14. The van der Waals surface area contributed by atoms with Crippen LogP contribution in [0.15, 0.2) is 41.5 Å². The lowest BCUT2D eigenvalue weighted by atomic mass is 10.1. The highest BCUT2D eigenvalue weighted by Gasteiger charge is 2.08. The van der Waals surface area contributed by atoms with E-state index in [1.54, 1.807) is 0 Å². The van der Waals surface area contributed by atoms with Gasteiger partial charge in [-0.3, -0.25) is 4.99 Å². The molecule has 1 unspecified atom stereocenters. The van der Waals surface area contributed by atoms with Crippen LogP contribution in [0.5, 0.6) is 0 Å². The van der Waals surface area contributed by atoms with Crippen LogP contribution in [-0.2, 0) is 0 Å². The molecule has 0 saturated carbocycles. The fourth-order valence-corrected chi connectivity index (χ4v) is 1.61.